The zero-order valence-electron chi connectivity index (χ0n) is 6.35. The second-order valence-corrected chi connectivity index (χ2v) is 2.40. The number of nitrogens with one attached hydrogen (secondary N) is 2. The Hall–Kier alpha value is -0.760. The predicted molar refractivity (Wildman–Crippen MR) is 42.8 cm³/mol. The molecular weight excluding hydrogens is 124 g/mol. The number of aromatic amines is 1. The summed E-state index contributed by atoms with van der Waals surface area (Å²) >= 11 is 0. The Morgan fingerprint density at radius 3 is 3.10 bits per heavy atom. The van der Waals surface area contributed by atoms with Gasteiger partial charge in [-0.15, -0.1) is 0 Å². The Balaban J connectivity index is 2.15. The molecule has 0 spiro atoms. The lowest BCUT2D eigenvalue weighted by molar-refractivity contribution is 0.676. The molecule has 10 heavy (non-hydrogen) atoms. The van der Waals surface area contributed by atoms with E-state index >= 15 is 0 Å². The lowest BCUT2D eigenvalue weighted by Gasteiger charge is -1.98. The molecule has 0 aliphatic rings. The highest BCUT2D eigenvalue weighted by Gasteiger charge is 1.88. The van der Waals surface area contributed by atoms with Crippen LogP contribution in [-0.2, 0) is 6.54 Å². The van der Waals surface area contributed by atoms with Crippen molar-refractivity contribution in [1.82, 2.24) is 10.3 Å². The van der Waals surface area contributed by atoms with Gasteiger partial charge in [0.25, 0.3) is 0 Å². The van der Waals surface area contributed by atoms with Crippen molar-refractivity contribution in [3.05, 3.63) is 24.0 Å². The van der Waals surface area contributed by atoms with Gasteiger partial charge in [0, 0.05) is 18.9 Å². The summed E-state index contributed by atoms with van der Waals surface area (Å²) in [5.74, 6) is 0. The van der Waals surface area contributed by atoms with Crippen molar-refractivity contribution in [2.24, 2.45) is 0 Å². The third-order valence-corrected chi connectivity index (χ3v) is 1.42. The predicted octanol–water partition coefficient (Wildman–Crippen LogP) is 1.51. The van der Waals surface area contributed by atoms with Crippen molar-refractivity contribution >= 4 is 0 Å². The molecule has 0 aromatic carbocycles. The quantitative estimate of drug-likeness (QED) is 0.606. The van der Waals surface area contributed by atoms with Crippen LogP contribution in [0.15, 0.2) is 18.5 Å². The van der Waals surface area contributed by atoms with Gasteiger partial charge in [-0.25, -0.2) is 0 Å². The van der Waals surface area contributed by atoms with Crippen LogP contribution in [0.3, 0.4) is 0 Å². The molecule has 0 saturated carbocycles. The molecule has 0 fully saturated rings. The Labute approximate surface area is 61.7 Å². The van der Waals surface area contributed by atoms with Gasteiger partial charge in [-0.05, 0) is 24.6 Å². The first kappa shape index (κ1) is 7.35. The molecule has 0 saturated heterocycles. The van der Waals surface area contributed by atoms with Gasteiger partial charge in [0.15, 0.2) is 0 Å². The molecular formula is C8H14N2. The molecule has 2 N–H and O–H groups in total. The zero-order chi connectivity index (χ0) is 7.23. The molecule has 1 heterocycles. The van der Waals surface area contributed by atoms with Crippen LogP contribution in [0.25, 0.3) is 0 Å². The van der Waals surface area contributed by atoms with E-state index in [0.717, 1.165) is 13.1 Å². The first-order valence-corrected chi connectivity index (χ1v) is 3.76. The molecule has 0 aliphatic carbocycles. The van der Waals surface area contributed by atoms with E-state index in [-0.39, 0.29) is 0 Å². The zero-order valence-corrected chi connectivity index (χ0v) is 6.35. The molecule has 2 heteroatoms. The van der Waals surface area contributed by atoms with Gasteiger partial charge in [-0.3, -0.25) is 0 Å². The van der Waals surface area contributed by atoms with E-state index in [9.17, 15) is 0 Å². The van der Waals surface area contributed by atoms with Crippen molar-refractivity contribution < 1.29 is 0 Å². The lowest BCUT2D eigenvalue weighted by Crippen LogP contribution is -2.12. The first-order valence-electron chi connectivity index (χ1n) is 3.76. The molecule has 56 valence electrons. The van der Waals surface area contributed by atoms with Crippen LogP contribution in [0.5, 0.6) is 0 Å². The average Bonchev–Trinajstić information content (AvgIpc) is 2.41. The smallest absolute Gasteiger partial charge is 0.0220 e. The summed E-state index contributed by atoms with van der Waals surface area (Å²) in [4.78, 5) is 3.02. The van der Waals surface area contributed by atoms with Crippen molar-refractivity contribution in [3.8, 4) is 0 Å². The van der Waals surface area contributed by atoms with Crippen LogP contribution in [0.1, 0.15) is 18.9 Å². The van der Waals surface area contributed by atoms with Gasteiger partial charge in [-0.2, -0.15) is 0 Å². The maximum absolute atomic E-state index is 3.32. The number of aromatic nitrogens is 1. The van der Waals surface area contributed by atoms with Gasteiger partial charge >= 0.3 is 0 Å². The molecule has 2 nitrogen and oxygen atoms in total. The largest absolute Gasteiger partial charge is 0.367 e. The molecule has 0 amide bonds. The summed E-state index contributed by atoms with van der Waals surface area (Å²) in [6.07, 6.45) is 5.16. The molecule has 0 bridgehead atoms. The maximum Gasteiger partial charge on any atom is 0.0220 e. The van der Waals surface area contributed by atoms with Crippen LogP contribution in [0.4, 0.5) is 0 Å². The second kappa shape index (κ2) is 4.12. The Kier molecular flexibility index (Phi) is 3.03. The van der Waals surface area contributed by atoms with Gasteiger partial charge in [-0.1, -0.05) is 6.92 Å². The van der Waals surface area contributed by atoms with Crippen LogP contribution in [0.2, 0.25) is 0 Å². The summed E-state index contributed by atoms with van der Waals surface area (Å²) in [5, 5.41) is 3.32. The van der Waals surface area contributed by atoms with Crippen molar-refractivity contribution in [2.45, 2.75) is 19.9 Å². The van der Waals surface area contributed by atoms with Crippen molar-refractivity contribution in [2.75, 3.05) is 6.54 Å². The highest BCUT2D eigenvalue weighted by atomic mass is 14.8. The Morgan fingerprint density at radius 1 is 1.60 bits per heavy atom. The van der Waals surface area contributed by atoms with E-state index < -0.39 is 0 Å². The fourth-order valence-corrected chi connectivity index (χ4v) is 0.878. The van der Waals surface area contributed by atoms with Crippen LogP contribution >= 0.6 is 0 Å². The summed E-state index contributed by atoms with van der Waals surface area (Å²) in [5.41, 5.74) is 1.33. The second-order valence-electron chi connectivity index (χ2n) is 2.40. The van der Waals surface area contributed by atoms with Crippen LogP contribution in [-0.4, -0.2) is 11.5 Å². The molecule has 1 aromatic heterocycles. The number of hydrogen-bond donors (Lipinski definition) is 2. The third-order valence-electron chi connectivity index (χ3n) is 1.42. The van der Waals surface area contributed by atoms with E-state index in [2.05, 4.69) is 23.3 Å². The van der Waals surface area contributed by atoms with E-state index in [0.29, 0.717) is 0 Å². The van der Waals surface area contributed by atoms with Gasteiger partial charge in [0.2, 0.25) is 0 Å². The number of hydrogen-bond acceptors (Lipinski definition) is 1. The lowest BCUT2D eigenvalue weighted by atomic mass is 10.3. The number of rotatable bonds is 4. The number of H-pyrrole nitrogens is 1. The topological polar surface area (TPSA) is 27.8 Å². The first-order chi connectivity index (χ1) is 4.93. The van der Waals surface area contributed by atoms with Crippen molar-refractivity contribution in [1.29, 1.82) is 0 Å². The minimum absolute atomic E-state index is 0.983. The summed E-state index contributed by atoms with van der Waals surface area (Å²) < 4.78 is 0. The summed E-state index contributed by atoms with van der Waals surface area (Å²) in [7, 11) is 0. The van der Waals surface area contributed by atoms with Gasteiger partial charge in [0.05, 0.1) is 0 Å². The average molecular weight is 138 g/mol. The van der Waals surface area contributed by atoms with Gasteiger partial charge in [0.1, 0.15) is 0 Å². The van der Waals surface area contributed by atoms with E-state index in [1.54, 1.807) is 0 Å². The molecule has 1 rings (SSSR count). The molecule has 0 atom stereocenters. The monoisotopic (exact) mass is 138 g/mol. The van der Waals surface area contributed by atoms with E-state index in [1.807, 2.05) is 12.4 Å². The van der Waals surface area contributed by atoms with Crippen LogP contribution < -0.4 is 5.32 Å². The summed E-state index contributed by atoms with van der Waals surface area (Å²) in [6.45, 7) is 4.26. The Bertz CT molecular complexity index is 156. The van der Waals surface area contributed by atoms with E-state index in [4.69, 9.17) is 0 Å². The SMILES string of the molecule is CCCNCc1cc[nH]c1. The minimum atomic E-state index is 0.983. The fraction of sp³-hybridized carbons (Fsp3) is 0.500. The summed E-state index contributed by atoms with van der Waals surface area (Å²) in [6, 6.07) is 2.09. The Morgan fingerprint density at radius 2 is 2.50 bits per heavy atom. The maximum atomic E-state index is 3.32. The molecule has 1 aromatic rings. The van der Waals surface area contributed by atoms with E-state index in [1.165, 1.54) is 12.0 Å². The highest BCUT2D eigenvalue weighted by Crippen LogP contribution is 1.94. The molecule has 0 unspecified atom stereocenters. The highest BCUT2D eigenvalue weighted by molar-refractivity contribution is 5.07. The van der Waals surface area contributed by atoms with Crippen LogP contribution in [0, 0.1) is 0 Å². The fourth-order valence-electron chi connectivity index (χ4n) is 0.878. The van der Waals surface area contributed by atoms with Gasteiger partial charge < -0.3 is 10.3 Å². The normalized spacial score (nSPS) is 10.1. The molecule has 0 radical (unpaired) electrons. The van der Waals surface area contributed by atoms with Crippen molar-refractivity contribution in [3.63, 3.8) is 0 Å². The minimum Gasteiger partial charge on any atom is -0.367 e. The standard InChI is InChI=1S/C8H14N2/c1-2-4-9-6-8-3-5-10-7-8/h3,5,7,9-10H,2,4,6H2,1H3. The molecule has 0 aliphatic heterocycles. The third kappa shape index (κ3) is 2.23.